The number of nitrogens with one attached hydrogen (secondary N) is 2. The Balaban J connectivity index is 1.67. The van der Waals surface area contributed by atoms with Gasteiger partial charge in [0.15, 0.2) is 6.61 Å². The maximum Gasteiger partial charge on any atom is 0.262 e. The summed E-state index contributed by atoms with van der Waals surface area (Å²) in [6.45, 7) is 12.8. The molecule has 2 N–H and O–H groups in total. The van der Waals surface area contributed by atoms with Crippen LogP contribution in [0.25, 0.3) is 0 Å². The van der Waals surface area contributed by atoms with E-state index in [4.69, 9.17) is 16.3 Å². The predicted octanol–water partition coefficient (Wildman–Crippen LogP) is 7.02. The Labute approximate surface area is 215 Å². The zero-order chi connectivity index (χ0) is 25.8. The van der Waals surface area contributed by atoms with Crippen molar-refractivity contribution >= 4 is 29.1 Å². The molecule has 190 valence electrons. The number of hydrogen-bond donors (Lipinski definition) is 2. The van der Waals surface area contributed by atoms with Crippen molar-refractivity contribution in [2.45, 2.75) is 90.5 Å². The van der Waals surface area contributed by atoms with E-state index in [1.807, 2.05) is 6.07 Å². The van der Waals surface area contributed by atoms with Gasteiger partial charge in [0.05, 0.1) is 10.6 Å². The second kappa shape index (κ2) is 11.0. The van der Waals surface area contributed by atoms with E-state index < -0.39 is 0 Å². The normalized spacial score (nSPS) is 14.9. The molecule has 0 aliphatic heterocycles. The molecule has 0 unspecified atom stereocenters. The number of anilines is 1. The molecule has 0 atom stereocenters. The highest BCUT2D eigenvalue weighted by molar-refractivity contribution is 6.34. The SMILES string of the molecule is CC(C)(C)c1ccc(OCC(=O)Nc2ccc(Cl)c(C(=O)NC3CCCCC3)c2)c(C(C)(C)C)c1. The van der Waals surface area contributed by atoms with Gasteiger partial charge in [-0.1, -0.05) is 84.5 Å². The van der Waals surface area contributed by atoms with Crippen LogP contribution in [-0.2, 0) is 15.6 Å². The Hall–Kier alpha value is -2.53. The van der Waals surface area contributed by atoms with E-state index in [-0.39, 0.29) is 35.3 Å². The largest absolute Gasteiger partial charge is 0.483 e. The van der Waals surface area contributed by atoms with Crippen molar-refractivity contribution in [3.63, 3.8) is 0 Å². The third-order valence-corrected chi connectivity index (χ3v) is 6.78. The summed E-state index contributed by atoms with van der Waals surface area (Å²) in [5.74, 6) is 0.193. The lowest BCUT2D eigenvalue weighted by Crippen LogP contribution is -2.36. The lowest BCUT2D eigenvalue weighted by atomic mass is 9.80. The fraction of sp³-hybridized carbons (Fsp3) is 0.517. The number of ether oxygens (including phenoxy) is 1. The van der Waals surface area contributed by atoms with Crippen LogP contribution < -0.4 is 15.4 Å². The van der Waals surface area contributed by atoms with Crippen LogP contribution in [-0.4, -0.2) is 24.5 Å². The highest BCUT2D eigenvalue weighted by atomic mass is 35.5. The molecule has 2 aromatic rings. The van der Waals surface area contributed by atoms with Gasteiger partial charge < -0.3 is 15.4 Å². The van der Waals surface area contributed by atoms with Gasteiger partial charge in [-0.3, -0.25) is 9.59 Å². The van der Waals surface area contributed by atoms with Crippen LogP contribution >= 0.6 is 11.6 Å². The molecule has 0 spiro atoms. The van der Waals surface area contributed by atoms with Crippen LogP contribution in [0.3, 0.4) is 0 Å². The standard InChI is InChI=1S/C29H39ClN2O3/c1-28(2,3)19-12-15-25(23(16-19)29(4,5)6)35-18-26(33)31-21-13-14-24(30)22(17-21)27(34)32-20-10-8-7-9-11-20/h12-17,20H,7-11,18H2,1-6H3,(H,31,33)(H,32,34). The number of hydrogen-bond acceptors (Lipinski definition) is 3. The van der Waals surface area contributed by atoms with E-state index in [2.05, 4.69) is 64.3 Å². The molecular weight excluding hydrogens is 460 g/mol. The van der Waals surface area contributed by atoms with Crippen LogP contribution in [0.4, 0.5) is 5.69 Å². The molecule has 0 saturated heterocycles. The first-order chi connectivity index (χ1) is 16.3. The van der Waals surface area contributed by atoms with E-state index in [0.29, 0.717) is 22.0 Å². The minimum absolute atomic E-state index is 0.0193. The highest BCUT2D eigenvalue weighted by Gasteiger charge is 2.24. The molecule has 0 heterocycles. The molecule has 6 heteroatoms. The molecule has 1 fully saturated rings. The molecule has 0 radical (unpaired) electrons. The topological polar surface area (TPSA) is 67.4 Å². The van der Waals surface area contributed by atoms with Gasteiger partial charge in [-0.25, -0.2) is 0 Å². The van der Waals surface area contributed by atoms with Gasteiger partial charge in [0.25, 0.3) is 11.8 Å². The second-order valence-electron chi connectivity index (χ2n) is 11.6. The summed E-state index contributed by atoms with van der Waals surface area (Å²) >= 11 is 6.29. The van der Waals surface area contributed by atoms with Gasteiger partial charge in [0, 0.05) is 11.7 Å². The molecule has 1 aliphatic rings. The van der Waals surface area contributed by atoms with Gasteiger partial charge in [0.1, 0.15) is 5.75 Å². The van der Waals surface area contributed by atoms with Crippen molar-refractivity contribution in [3.05, 3.63) is 58.1 Å². The van der Waals surface area contributed by atoms with Gasteiger partial charge in [0.2, 0.25) is 0 Å². The zero-order valence-electron chi connectivity index (χ0n) is 21.9. The van der Waals surface area contributed by atoms with Crippen LogP contribution in [0, 0.1) is 0 Å². The van der Waals surface area contributed by atoms with Crippen molar-refractivity contribution in [1.82, 2.24) is 5.32 Å². The Kier molecular flexibility index (Phi) is 8.53. The van der Waals surface area contributed by atoms with Crippen LogP contribution in [0.2, 0.25) is 5.02 Å². The van der Waals surface area contributed by atoms with Gasteiger partial charge in [-0.15, -0.1) is 0 Å². The van der Waals surface area contributed by atoms with E-state index in [9.17, 15) is 9.59 Å². The molecule has 35 heavy (non-hydrogen) atoms. The third-order valence-electron chi connectivity index (χ3n) is 6.45. The summed E-state index contributed by atoms with van der Waals surface area (Å²) < 4.78 is 5.95. The van der Waals surface area contributed by atoms with Gasteiger partial charge in [-0.2, -0.15) is 0 Å². The van der Waals surface area contributed by atoms with Crippen LogP contribution in [0.5, 0.6) is 5.75 Å². The quantitative estimate of drug-likeness (QED) is 0.449. The third kappa shape index (κ3) is 7.47. The Morgan fingerprint density at radius 1 is 0.943 bits per heavy atom. The first-order valence-corrected chi connectivity index (χ1v) is 12.9. The molecule has 5 nitrogen and oxygen atoms in total. The molecule has 2 amide bonds. The molecule has 1 aliphatic carbocycles. The summed E-state index contributed by atoms with van der Waals surface area (Å²) in [6.07, 6.45) is 5.46. The number of benzene rings is 2. The molecule has 3 rings (SSSR count). The average molecular weight is 499 g/mol. The summed E-state index contributed by atoms with van der Waals surface area (Å²) in [7, 11) is 0. The molecule has 2 aromatic carbocycles. The van der Waals surface area contributed by atoms with E-state index in [1.54, 1.807) is 18.2 Å². The van der Waals surface area contributed by atoms with E-state index in [0.717, 1.165) is 31.2 Å². The summed E-state index contributed by atoms with van der Waals surface area (Å²) in [5, 5.41) is 6.27. The Morgan fingerprint density at radius 3 is 2.26 bits per heavy atom. The first-order valence-electron chi connectivity index (χ1n) is 12.5. The minimum atomic E-state index is -0.300. The average Bonchev–Trinajstić information content (AvgIpc) is 2.78. The maximum atomic E-state index is 12.8. The summed E-state index contributed by atoms with van der Waals surface area (Å²) in [5.41, 5.74) is 3.04. The predicted molar refractivity (Wildman–Crippen MR) is 144 cm³/mol. The van der Waals surface area contributed by atoms with E-state index in [1.165, 1.54) is 12.0 Å². The zero-order valence-corrected chi connectivity index (χ0v) is 22.6. The van der Waals surface area contributed by atoms with Gasteiger partial charge in [-0.05, 0) is 59.1 Å². The molecular formula is C29H39ClN2O3. The van der Waals surface area contributed by atoms with Crippen molar-refractivity contribution in [2.24, 2.45) is 0 Å². The van der Waals surface area contributed by atoms with Crippen molar-refractivity contribution in [1.29, 1.82) is 0 Å². The fourth-order valence-electron chi connectivity index (χ4n) is 4.34. The smallest absolute Gasteiger partial charge is 0.262 e. The van der Waals surface area contributed by atoms with Crippen molar-refractivity contribution in [2.75, 3.05) is 11.9 Å². The van der Waals surface area contributed by atoms with E-state index >= 15 is 0 Å². The summed E-state index contributed by atoms with van der Waals surface area (Å²) in [6, 6.07) is 11.3. The summed E-state index contributed by atoms with van der Waals surface area (Å²) in [4.78, 5) is 25.5. The number of amides is 2. The number of halogens is 1. The number of carbonyl (C=O) groups is 2. The fourth-order valence-corrected chi connectivity index (χ4v) is 4.54. The molecule has 0 bridgehead atoms. The molecule has 0 aromatic heterocycles. The molecule has 1 saturated carbocycles. The Morgan fingerprint density at radius 2 is 1.63 bits per heavy atom. The number of carbonyl (C=O) groups excluding carboxylic acids is 2. The second-order valence-corrected chi connectivity index (χ2v) is 12.0. The minimum Gasteiger partial charge on any atom is -0.483 e. The monoisotopic (exact) mass is 498 g/mol. The van der Waals surface area contributed by atoms with Crippen LogP contribution in [0.1, 0.15) is 95.1 Å². The first kappa shape index (κ1) is 27.1. The Bertz CT molecular complexity index is 1060. The van der Waals surface area contributed by atoms with Crippen molar-refractivity contribution < 1.29 is 14.3 Å². The van der Waals surface area contributed by atoms with Crippen LogP contribution in [0.15, 0.2) is 36.4 Å². The lowest BCUT2D eigenvalue weighted by Gasteiger charge is -2.27. The van der Waals surface area contributed by atoms with Crippen molar-refractivity contribution in [3.8, 4) is 5.75 Å². The maximum absolute atomic E-state index is 12.8. The number of rotatable bonds is 6. The highest BCUT2D eigenvalue weighted by Crippen LogP contribution is 2.35. The van der Waals surface area contributed by atoms with Gasteiger partial charge >= 0.3 is 0 Å². The lowest BCUT2D eigenvalue weighted by molar-refractivity contribution is -0.118.